The van der Waals surface area contributed by atoms with Crippen molar-refractivity contribution >= 4 is 23.5 Å². The van der Waals surface area contributed by atoms with Gasteiger partial charge in [-0.3, -0.25) is 9.69 Å². The molecule has 0 aromatic heterocycles. The first-order chi connectivity index (χ1) is 8.01. The van der Waals surface area contributed by atoms with Crippen LogP contribution in [0.1, 0.15) is 6.42 Å². The van der Waals surface area contributed by atoms with Gasteiger partial charge in [0.2, 0.25) is 5.91 Å². The Bertz CT molecular complexity index is 523. The summed E-state index contributed by atoms with van der Waals surface area (Å²) in [4.78, 5) is 27.7. The zero-order valence-corrected chi connectivity index (χ0v) is 10.4. The van der Waals surface area contributed by atoms with E-state index in [2.05, 4.69) is 0 Å². The Morgan fingerprint density at radius 3 is 2.65 bits per heavy atom. The summed E-state index contributed by atoms with van der Waals surface area (Å²) in [7, 11) is 3.46. The number of carbonyl (C=O) groups is 2. The van der Waals surface area contributed by atoms with Gasteiger partial charge in [0, 0.05) is 19.5 Å². The van der Waals surface area contributed by atoms with Crippen molar-refractivity contribution in [3.63, 3.8) is 0 Å². The number of carbonyl (C=O) groups excluding carboxylic acids is 2. The fourth-order valence-corrected chi connectivity index (χ4v) is 6.79. The van der Waals surface area contributed by atoms with Gasteiger partial charge in [0.25, 0.3) is 0 Å². The second-order valence-corrected chi connectivity index (χ2v) is 6.93. The van der Waals surface area contributed by atoms with Crippen LogP contribution in [0.5, 0.6) is 0 Å². The third-order valence-corrected chi connectivity index (χ3v) is 7.01. The van der Waals surface area contributed by atoms with Crippen LogP contribution in [-0.2, 0) is 4.79 Å². The monoisotopic (exact) mass is 252 g/mol. The summed E-state index contributed by atoms with van der Waals surface area (Å²) in [5, 5.41) is 0.170. The molecule has 0 unspecified atom stereocenters. The average molecular weight is 253 g/mol. The van der Waals surface area contributed by atoms with Crippen molar-refractivity contribution < 1.29 is 9.59 Å². The topological polar surface area (TPSA) is 40.6 Å². The summed E-state index contributed by atoms with van der Waals surface area (Å²) in [5.74, 6) is 2.10. The van der Waals surface area contributed by atoms with E-state index in [4.69, 9.17) is 11.6 Å². The molecular formula is C12H13ClN2O2. The molecule has 5 fully saturated rings. The Morgan fingerprint density at radius 2 is 1.94 bits per heavy atom. The van der Waals surface area contributed by atoms with Crippen LogP contribution in [0.25, 0.3) is 0 Å². The van der Waals surface area contributed by atoms with Crippen molar-refractivity contribution in [2.45, 2.75) is 17.3 Å². The Balaban J connectivity index is 1.75. The van der Waals surface area contributed by atoms with E-state index in [0.717, 1.165) is 6.42 Å². The van der Waals surface area contributed by atoms with Crippen LogP contribution < -0.4 is 0 Å². The third kappa shape index (κ3) is 0.497. The summed E-state index contributed by atoms with van der Waals surface area (Å²) in [5.41, 5.74) is -0.425. The number of alkyl halides is 1. The van der Waals surface area contributed by atoms with Crippen molar-refractivity contribution in [1.29, 1.82) is 0 Å². The number of amides is 3. The number of rotatable bonds is 0. The van der Waals surface area contributed by atoms with Gasteiger partial charge >= 0.3 is 6.03 Å². The maximum Gasteiger partial charge on any atom is 0.326 e. The van der Waals surface area contributed by atoms with E-state index < -0.39 is 0 Å². The molecule has 2 spiro atoms. The molecule has 3 amide bonds. The number of fused-ring (bicyclic) bond motifs is 1. The first-order valence-electron chi connectivity index (χ1n) is 6.21. The Hall–Kier alpha value is -0.770. The molecule has 0 N–H and O–H groups in total. The molecule has 1 saturated heterocycles. The van der Waals surface area contributed by atoms with Crippen LogP contribution in [0.15, 0.2) is 0 Å². The molecule has 5 heteroatoms. The van der Waals surface area contributed by atoms with Crippen molar-refractivity contribution in [2.75, 3.05) is 14.1 Å². The molecule has 5 rings (SSSR count). The standard InChI is InChI=1S/C12H13ClN2O2/c1-14-9(16)12-7-5-4(13)3-11(12,6(5)8(7)12)15(2)10(14)17/h4-8H,3H2,1-2H3/t4-,5-,6+,7-,8+,11+,12-/m1/s1. The highest BCUT2D eigenvalue weighted by Gasteiger charge is 3.05. The summed E-state index contributed by atoms with van der Waals surface area (Å²) in [6.45, 7) is 0. The van der Waals surface area contributed by atoms with E-state index in [9.17, 15) is 9.59 Å². The zero-order chi connectivity index (χ0) is 11.9. The highest BCUT2D eigenvalue weighted by molar-refractivity contribution is 6.22. The number of halogens is 1. The van der Waals surface area contributed by atoms with Gasteiger partial charge in [-0.2, -0.15) is 0 Å². The molecule has 7 atom stereocenters. The Kier molecular flexibility index (Phi) is 1.08. The smallest absolute Gasteiger partial charge is 0.320 e. The van der Waals surface area contributed by atoms with Crippen molar-refractivity contribution in [3.8, 4) is 0 Å². The minimum Gasteiger partial charge on any atom is -0.320 e. The minimum atomic E-state index is -0.217. The number of urea groups is 1. The molecule has 4 nitrogen and oxygen atoms in total. The van der Waals surface area contributed by atoms with E-state index in [0.29, 0.717) is 23.7 Å². The van der Waals surface area contributed by atoms with E-state index >= 15 is 0 Å². The van der Waals surface area contributed by atoms with Crippen LogP contribution in [0.2, 0.25) is 0 Å². The van der Waals surface area contributed by atoms with Crippen LogP contribution in [-0.4, -0.2) is 46.7 Å². The SMILES string of the molecule is CN1C(=O)N(C)[C@@]23C[C@@H](Cl)[C@H]4[C@@H]5[C@H]([C@H]42)[C@@]53C1=O. The maximum absolute atomic E-state index is 12.5. The highest BCUT2D eigenvalue weighted by Crippen LogP contribution is 2.98. The normalized spacial score (nSPS) is 65.0. The second kappa shape index (κ2) is 2.00. The zero-order valence-electron chi connectivity index (χ0n) is 9.68. The molecule has 0 radical (unpaired) electrons. The summed E-state index contributed by atoms with van der Waals surface area (Å²) < 4.78 is 0. The molecule has 1 aliphatic heterocycles. The van der Waals surface area contributed by atoms with Gasteiger partial charge in [0.05, 0.1) is 11.0 Å². The van der Waals surface area contributed by atoms with Gasteiger partial charge in [-0.05, 0) is 30.1 Å². The minimum absolute atomic E-state index is 0.0675. The van der Waals surface area contributed by atoms with E-state index in [-0.39, 0.29) is 28.3 Å². The quantitative estimate of drug-likeness (QED) is 0.597. The van der Waals surface area contributed by atoms with Crippen LogP contribution >= 0.6 is 11.6 Å². The lowest BCUT2D eigenvalue weighted by Crippen LogP contribution is -2.74. The molecule has 1 heterocycles. The van der Waals surface area contributed by atoms with Gasteiger partial charge < -0.3 is 4.90 Å². The number of hydrogen-bond donors (Lipinski definition) is 0. The molecule has 5 aliphatic rings. The lowest BCUT2D eigenvalue weighted by molar-refractivity contribution is -0.160. The van der Waals surface area contributed by atoms with Gasteiger partial charge in [0.15, 0.2) is 0 Å². The average Bonchev–Trinajstić information content (AvgIpc) is 2.57. The molecule has 0 aromatic carbocycles. The first kappa shape index (κ1) is 9.20. The molecule has 4 saturated carbocycles. The van der Waals surface area contributed by atoms with Gasteiger partial charge in [-0.15, -0.1) is 11.6 Å². The fourth-order valence-electron chi connectivity index (χ4n) is 6.24. The van der Waals surface area contributed by atoms with Crippen molar-refractivity contribution in [2.24, 2.45) is 29.1 Å². The predicted octanol–water partition coefficient (Wildman–Crippen LogP) is 0.752. The van der Waals surface area contributed by atoms with Gasteiger partial charge in [-0.25, -0.2) is 4.79 Å². The number of nitrogens with zero attached hydrogens (tertiary/aromatic N) is 2. The molecule has 17 heavy (non-hydrogen) atoms. The van der Waals surface area contributed by atoms with E-state index in [1.807, 2.05) is 11.9 Å². The lowest BCUT2D eigenvalue weighted by atomic mass is 9.57. The molecule has 0 aromatic rings. The van der Waals surface area contributed by atoms with Gasteiger partial charge in [-0.1, -0.05) is 0 Å². The predicted molar refractivity (Wildman–Crippen MR) is 59.3 cm³/mol. The highest BCUT2D eigenvalue weighted by atomic mass is 35.5. The van der Waals surface area contributed by atoms with Crippen LogP contribution in [0.3, 0.4) is 0 Å². The Labute approximate surface area is 104 Å². The Morgan fingerprint density at radius 1 is 1.24 bits per heavy atom. The summed E-state index contributed by atoms with van der Waals surface area (Å²) in [6, 6.07) is -0.152. The number of imide groups is 1. The van der Waals surface area contributed by atoms with Gasteiger partial charge in [0.1, 0.15) is 0 Å². The fraction of sp³-hybridized carbons (Fsp3) is 0.833. The molecular weight excluding hydrogens is 240 g/mol. The second-order valence-electron chi connectivity index (χ2n) is 6.37. The van der Waals surface area contributed by atoms with Crippen LogP contribution in [0.4, 0.5) is 4.79 Å². The molecule has 90 valence electrons. The lowest BCUT2D eigenvalue weighted by Gasteiger charge is -2.59. The number of hydrogen-bond acceptors (Lipinski definition) is 2. The van der Waals surface area contributed by atoms with E-state index in [1.165, 1.54) is 4.90 Å². The van der Waals surface area contributed by atoms with Crippen LogP contribution in [0, 0.1) is 29.1 Å². The van der Waals surface area contributed by atoms with Crippen molar-refractivity contribution in [3.05, 3.63) is 0 Å². The summed E-state index contributed by atoms with van der Waals surface area (Å²) in [6.07, 6.45) is 0.818. The largest absolute Gasteiger partial charge is 0.326 e. The maximum atomic E-state index is 12.5. The molecule has 0 bridgehead atoms. The third-order valence-electron chi connectivity index (χ3n) is 6.57. The van der Waals surface area contributed by atoms with Crippen molar-refractivity contribution in [1.82, 2.24) is 9.80 Å². The summed E-state index contributed by atoms with van der Waals surface area (Å²) >= 11 is 6.39. The first-order valence-corrected chi connectivity index (χ1v) is 6.65. The van der Waals surface area contributed by atoms with E-state index in [1.54, 1.807) is 7.05 Å². The molecule has 4 aliphatic carbocycles.